The molecule has 2 unspecified atom stereocenters. The topological polar surface area (TPSA) is 116 Å². The Morgan fingerprint density at radius 3 is 2.63 bits per heavy atom. The number of hydrogen-bond acceptors (Lipinski definition) is 7. The van der Waals surface area contributed by atoms with E-state index in [0.717, 1.165) is 29.0 Å². The molecule has 8 nitrogen and oxygen atoms in total. The van der Waals surface area contributed by atoms with Crippen molar-refractivity contribution in [1.29, 1.82) is 0 Å². The number of aryl methyl sites for hydroxylation is 1. The SMILES string of the molecule is COc1ccc(C2CC2COc2nc(C)ncc2-c2ccc(C(N)=NO)cc2)nc1. The average Bonchev–Trinajstić information content (AvgIpc) is 3.57. The number of nitrogens with zero attached hydrogens (tertiary/aromatic N) is 4. The zero-order valence-corrected chi connectivity index (χ0v) is 16.8. The van der Waals surface area contributed by atoms with Crippen LogP contribution >= 0.6 is 0 Å². The van der Waals surface area contributed by atoms with Gasteiger partial charge in [0.2, 0.25) is 5.88 Å². The third-order valence-electron chi connectivity index (χ3n) is 5.21. The molecule has 8 heteroatoms. The van der Waals surface area contributed by atoms with Gasteiger partial charge >= 0.3 is 0 Å². The van der Waals surface area contributed by atoms with Gasteiger partial charge in [0, 0.05) is 29.3 Å². The number of benzene rings is 1. The summed E-state index contributed by atoms with van der Waals surface area (Å²) in [5, 5.41) is 11.8. The molecule has 1 aliphatic carbocycles. The minimum atomic E-state index is 0.0603. The summed E-state index contributed by atoms with van der Waals surface area (Å²) >= 11 is 0. The van der Waals surface area contributed by atoms with Crippen molar-refractivity contribution in [2.24, 2.45) is 16.8 Å². The Hall–Kier alpha value is -3.68. The molecule has 2 heterocycles. The van der Waals surface area contributed by atoms with E-state index in [1.54, 1.807) is 31.6 Å². The summed E-state index contributed by atoms with van der Waals surface area (Å²) in [6, 6.07) is 11.2. The molecule has 0 saturated heterocycles. The molecular formula is C22H23N5O3. The van der Waals surface area contributed by atoms with Crippen molar-refractivity contribution in [2.75, 3.05) is 13.7 Å². The molecule has 154 valence electrons. The van der Waals surface area contributed by atoms with Gasteiger partial charge in [0.05, 0.1) is 25.5 Å². The predicted octanol–water partition coefficient (Wildman–Crippen LogP) is 3.13. The van der Waals surface area contributed by atoms with Gasteiger partial charge in [-0.15, -0.1) is 0 Å². The Bertz CT molecular complexity index is 1050. The first-order valence-electron chi connectivity index (χ1n) is 9.63. The number of hydrogen-bond donors (Lipinski definition) is 2. The van der Waals surface area contributed by atoms with Crippen molar-refractivity contribution < 1.29 is 14.7 Å². The Labute approximate surface area is 174 Å². The summed E-state index contributed by atoms with van der Waals surface area (Å²) < 4.78 is 11.3. The Balaban J connectivity index is 1.46. The van der Waals surface area contributed by atoms with Crippen molar-refractivity contribution >= 4 is 5.84 Å². The maximum Gasteiger partial charge on any atom is 0.224 e. The van der Waals surface area contributed by atoms with Crippen molar-refractivity contribution in [3.05, 3.63) is 65.9 Å². The highest BCUT2D eigenvalue weighted by atomic mass is 16.5. The Morgan fingerprint density at radius 2 is 1.97 bits per heavy atom. The lowest BCUT2D eigenvalue weighted by Gasteiger charge is -2.11. The van der Waals surface area contributed by atoms with Gasteiger partial charge < -0.3 is 20.4 Å². The maximum absolute atomic E-state index is 8.82. The Morgan fingerprint density at radius 1 is 1.17 bits per heavy atom. The van der Waals surface area contributed by atoms with Gasteiger partial charge in [-0.3, -0.25) is 4.98 Å². The average molecular weight is 405 g/mol. The van der Waals surface area contributed by atoms with Crippen LogP contribution in [0.2, 0.25) is 0 Å². The number of ether oxygens (including phenoxy) is 2. The summed E-state index contributed by atoms with van der Waals surface area (Å²) in [4.78, 5) is 13.3. The molecular weight excluding hydrogens is 382 g/mol. The van der Waals surface area contributed by atoms with Gasteiger partial charge in [-0.1, -0.05) is 29.4 Å². The highest BCUT2D eigenvalue weighted by molar-refractivity contribution is 5.97. The van der Waals surface area contributed by atoms with Crippen molar-refractivity contribution in [1.82, 2.24) is 15.0 Å². The van der Waals surface area contributed by atoms with Gasteiger partial charge in [-0.05, 0) is 31.0 Å². The molecule has 0 radical (unpaired) electrons. The third-order valence-corrected chi connectivity index (χ3v) is 5.21. The summed E-state index contributed by atoms with van der Waals surface area (Å²) in [5.74, 6) is 2.80. The van der Waals surface area contributed by atoms with Crippen LogP contribution in [0.25, 0.3) is 11.1 Å². The van der Waals surface area contributed by atoms with Crippen LogP contribution in [0.5, 0.6) is 11.6 Å². The van der Waals surface area contributed by atoms with Crippen LogP contribution in [-0.4, -0.2) is 39.7 Å². The highest BCUT2D eigenvalue weighted by Crippen LogP contribution is 2.47. The second-order valence-corrected chi connectivity index (χ2v) is 7.23. The van der Waals surface area contributed by atoms with E-state index in [9.17, 15) is 0 Å². The predicted molar refractivity (Wildman–Crippen MR) is 112 cm³/mol. The molecule has 1 saturated carbocycles. The molecule has 2 atom stereocenters. The fraction of sp³-hybridized carbons (Fsp3) is 0.273. The first kappa shape index (κ1) is 19.6. The zero-order chi connectivity index (χ0) is 21.1. The minimum Gasteiger partial charge on any atom is -0.495 e. The molecule has 0 amide bonds. The molecule has 2 aromatic heterocycles. The molecule has 0 aliphatic heterocycles. The molecule has 1 fully saturated rings. The first-order valence-corrected chi connectivity index (χ1v) is 9.63. The van der Waals surface area contributed by atoms with Gasteiger partial charge in [-0.2, -0.15) is 4.98 Å². The zero-order valence-electron chi connectivity index (χ0n) is 16.8. The van der Waals surface area contributed by atoms with Gasteiger partial charge in [0.15, 0.2) is 5.84 Å². The van der Waals surface area contributed by atoms with Crippen LogP contribution in [0.3, 0.4) is 0 Å². The molecule has 0 bridgehead atoms. The molecule has 3 aromatic rings. The van der Waals surface area contributed by atoms with Crippen LogP contribution < -0.4 is 15.2 Å². The van der Waals surface area contributed by atoms with Crippen molar-refractivity contribution in [2.45, 2.75) is 19.3 Å². The largest absolute Gasteiger partial charge is 0.495 e. The monoisotopic (exact) mass is 405 g/mol. The smallest absolute Gasteiger partial charge is 0.224 e. The standard InChI is InChI=1S/C22H23N5O3/c1-13-24-11-19(14-3-5-15(6-4-14)21(23)27-28)22(26-13)30-12-16-9-18(16)20-8-7-17(29-2)10-25-20/h3-8,10-11,16,18,28H,9,12H2,1-2H3,(H2,23,27). The lowest BCUT2D eigenvalue weighted by Crippen LogP contribution is -2.12. The van der Waals surface area contributed by atoms with E-state index in [-0.39, 0.29) is 5.84 Å². The maximum atomic E-state index is 8.82. The fourth-order valence-corrected chi connectivity index (χ4v) is 3.35. The number of pyridine rings is 1. The van der Waals surface area contributed by atoms with Crippen LogP contribution in [0.1, 0.15) is 29.4 Å². The molecule has 0 spiro atoms. The van der Waals surface area contributed by atoms with Gasteiger partial charge in [0.25, 0.3) is 0 Å². The minimum absolute atomic E-state index is 0.0603. The molecule has 4 rings (SSSR count). The van der Waals surface area contributed by atoms with Crippen LogP contribution in [0.15, 0.2) is 53.9 Å². The van der Waals surface area contributed by atoms with Crippen LogP contribution in [0.4, 0.5) is 0 Å². The second kappa shape index (κ2) is 8.36. The Kier molecular flexibility index (Phi) is 5.47. The number of rotatable bonds is 7. The quantitative estimate of drug-likeness (QED) is 0.268. The number of oxime groups is 1. The van der Waals surface area contributed by atoms with Crippen LogP contribution in [-0.2, 0) is 0 Å². The van der Waals surface area contributed by atoms with E-state index in [0.29, 0.717) is 35.7 Å². The summed E-state index contributed by atoms with van der Waals surface area (Å²) in [6.45, 7) is 2.39. The first-order chi connectivity index (χ1) is 14.6. The summed E-state index contributed by atoms with van der Waals surface area (Å²) in [6.07, 6.45) is 4.54. The van der Waals surface area contributed by atoms with E-state index in [1.165, 1.54) is 0 Å². The van der Waals surface area contributed by atoms with Crippen molar-refractivity contribution in [3.8, 4) is 22.8 Å². The number of nitrogens with two attached hydrogens (primary N) is 1. The van der Waals surface area contributed by atoms with Gasteiger partial charge in [0.1, 0.15) is 11.6 Å². The van der Waals surface area contributed by atoms with E-state index < -0.39 is 0 Å². The van der Waals surface area contributed by atoms with E-state index >= 15 is 0 Å². The number of amidine groups is 1. The molecule has 1 aliphatic rings. The van der Waals surface area contributed by atoms with Gasteiger partial charge in [-0.25, -0.2) is 4.98 Å². The second-order valence-electron chi connectivity index (χ2n) is 7.23. The summed E-state index contributed by atoms with van der Waals surface area (Å²) in [7, 11) is 1.63. The molecule has 3 N–H and O–H groups in total. The third kappa shape index (κ3) is 4.17. The number of aromatic nitrogens is 3. The summed E-state index contributed by atoms with van der Waals surface area (Å²) in [5.41, 5.74) is 9.01. The van der Waals surface area contributed by atoms with Crippen LogP contribution in [0, 0.1) is 12.8 Å². The molecule has 30 heavy (non-hydrogen) atoms. The van der Waals surface area contributed by atoms with E-state index in [2.05, 4.69) is 20.1 Å². The molecule has 1 aromatic carbocycles. The van der Waals surface area contributed by atoms with Crippen molar-refractivity contribution in [3.63, 3.8) is 0 Å². The lowest BCUT2D eigenvalue weighted by molar-refractivity contribution is 0.285. The normalized spacial score (nSPS) is 18.1. The lowest BCUT2D eigenvalue weighted by atomic mass is 10.1. The van der Waals surface area contributed by atoms with E-state index in [4.69, 9.17) is 20.4 Å². The number of methoxy groups -OCH3 is 1. The highest BCUT2D eigenvalue weighted by Gasteiger charge is 2.40. The fourth-order valence-electron chi connectivity index (χ4n) is 3.35. The van der Waals surface area contributed by atoms with E-state index in [1.807, 2.05) is 31.2 Å².